The van der Waals surface area contributed by atoms with Crippen molar-refractivity contribution in [3.63, 3.8) is 0 Å². The quantitative estimate of drug-likeness (QED) is 0.540. The molecule has 7 heteroatoms. The van der Waals surface area contributed by atoms with E-state index in [2.05, 4.69) is 40.1 Å². The van der Waals surface area contributed by atoms with Gasteiger partial charge in [-0.05, 0) is 72.4 Å². The summed E-state index contributed by atoms with van der Waals surface area (Å²) in [6.45, 7) is 4.87. The van der Waals surface area contributed by atoms with E-state index >= 15 is 0 Å². The summed E-state index contributed by atoms with van der Waals surface area (Å²) in [4.78, 5) is 5.21. The van der Waals surface area contributed by atoms with Crippen LogP contribution >= 0.6 is 11.8 Å². The molecule has 1 saturated heterocycles. The minimum atomic E-state index is 0.313. The highest BCUT2D eigenvalue weighted by Crippen LogP contribution is 2.54. The lowest BCUT2D eigenvalue weighted by atomic mass is 9.79. The molecule has 1 saturated carbocycles. The van der Waals surface area contributed by atoms with Crippen LogP contribution in [0.5, 0.6) is 17.2 Å². The first-order chi connectivity index (χ1) is 17.2. The highest BCUT2D eigenvalue weighted by Gasteiger charge is 2.41. The Morgan fingerprint density at radius 3 is 2.51 bits per heavy atom. The summed E-state index contributed by atoms with van der Waals surface area (Å²) < 4.78 is 19.3. The molecular formula is C28H32ClN3O3. The summed E-state index contributed by atoms with van der Waals surface area (Å²) in [6.07, 6.45) is 8.64. The molecule has 1 aliphatic carbocycles. The van der Waals surface area contributed by atoms with Gasteiger partial charge < -0.3 is 24.0 Å². The van der Waals surface area contributed by atoms with Crippen molar-refractivity contribution in [2.45, 2.75) is 38.1 Å². The number of hydrogen-bond donors (Lipinski definition) is 0. The van der Waals surface area contributed by atoms with E-state index in [-0.39, 0.29) is 0 Å². The van der Waals surface area contributed by atoms with E-state index in [4.69, 9.17) is 26.0 Å². The van der Waals surface area contributed by atoms with Crippen molar-refractivity contribution in [1.82, 2.24) is 9.32 Å². The van der Waals surface area contributed by atoms with Gasteiger partial charge in [0.05, 0.1) is 18.8 Å². The minimum Gasteiger partial charge on any atom is -0.495 e. The molecule has 0 radical (unpaired) electrons. The summed E-state index contributed by atoms with van der Waals surface area (Å²) >= 11 is 6.34. The van der Waals surface area contributed by atoms with Crippen LogP contribution in [0.3, 0.4) is 0 Å². The fourth-order valence-electron chi connectivity index (χ4n) is 6.90. The zero-order valence-electron chi connectivity index (χ0n) is 20.3. The van der Waals surface area contributed by atoms with E-state index in [1.807, 2.05) is 4.42 Å². The number of fused-ring (bicyclic) bond motifs is 5. The smallest absolute Gasteiger partial charge is 0.231 e. The maximum Gasteiger partial charge on any atom is 0.231 e. The van der Waals surface area contributed by atoms with Gasteiger partial charge in [-0.1, -0.05) is 18.9 Å². The largest absolute Gasteiger partial charge is 0.495 e. The van der Waals surface area contributed by atoms with E-state index in [1.165, 1.54) is 59.3 Å². The van der Waals surface area contributed by atoms with Gasteiger partial charge in [-0.3, -0.25) is 0 Å². The zero-order chi connectivity index (χ0) is 23.5. The lowest BCUT2D eigenvalue weighted by molar-refractivity contribution is 0.174. The Bertz CT molecular complexity index is 1180. The second kappa shape index (κ2) is 8.52. The number of halogens is 1. The van der Waals surface area contributed by atoms with Gasteiger partial charge in [0.25, 0.3) is 0 Å². The number of anilines is 1. The lowest BCUT2D eigenvalue weighted by Crippen LogP contribution is -2.44. The van der Waals surface area contributed by atoms with Gasteiger partial charge in [0.2, 0.25) is 6.79 Å². The van der Waals surface area contributed by atoms with Crippen LogP contribution in [0.2, 0.25) is 0 Å². The summed E-state index contributed by atoms with van der Waals surface area (Å²) in [7, 11) is 1.80. The van der Waals surface area contributed by atoms with Crippen LogP contribution in [-0.2, 0) is 6.42 Å². The average Bonchev–Trinajstić information content (AvgIpc) is 3.58. The summed E-state index contributed by atoms with van der Waals surface area (Å²) in [6, 6.07) is 9.18. The molecule has 5 aliphatic rings. The van der Waals surface area contributed by atoms with Gasteiger partial charge in [0.1, 0.15) is 5.75 Å². The maximum atomic E-state index is 6.34. The first kappa shape index (κ1) is 21.7. The third-order valence-corrected chi connectivity index (χ3v) is 8.89. The Morgan fingerprint density at radius 2 is 1.74 bits per heavy atom. The van der Waals surface area contributed by atoms with Crippen LogP contribution in [0.1, 0.15) is 54.0 Å². The Labute approximate surface area is 212 Å². The van der Waals surface area contributed by atoms with Gasteiger partial charge in [-0.15, -0.1) is 0 Å². The van der Waals surface area contributed by atoms with Gasteiger partial charge in [0.15, 0.2) is 11.5 Å². The second-order valence-corrected chi connectivity index (χ2v) is 10.8. The normalized spacial score (nSPS) is 23.6. The monoisotopic (exact) mass is 493 g/mol. The molecule has 2 aromatic carbocycles. The highest BCUT2D eigenvalue weighted by molar-refractivity contribution is 6.13. The fraction of sp³-hybridized carbons (Fsp3) is 0.500. The topological polar surface area (TPSA) is 37.4 Å². The number of rotatable bonds is 3. The predicted molar refractivity (Wildman–Crippen MR) is 138 cm³/mol. The van der Waals surface area contributed by atoms with E-state index < -0.39 is 0 Å². The minimum absolute atomic E-state index is 0.313. The van der Waals surface area contributed by atoms with Crippen molar-refractivity contribution in [2.75, 3.05) is 51.5 Å². The van der Waals surface area contributed by atoms with Crippen LogP contribution in [0.15, 0.2) is 24.3 Å². The molecule has 0 N–H and O–H groups in total. The SMILES string of the molecule is COc1ccc2c(c1N1CCN(Cl)CC1)C(C1CCCC1)N1CCc3cc4c(cc3C1=C2)OCO4. The van der Waals surface area contributed by atoms with E-state index in [1.54, 1.807) is 7.11 Å². The van der Waals surface area contributed by atoms with Crippen molar-refractivity contribution in [3.05, 3.63) is 46.5 Å². The average molecular weight is 494 g/mol. The predicted octanol–water partition coefficient (Wildman–Crippen LogP) is 5.30. The van der Waals surface area contributed by atoms with Crippen LogP contribution in [-0.4, -0.2) is 55.9 Å². The maximum absolute atomic E-state index is 6.34. The van der Waals surface area contributed by atoms with Crippen molar-refractivity contribution in [1.29, 1.82) is 0 Å². The van der Waals surface area contributed by atoms with Crippen LogP contribution in [0, 0.1) is 5.92 Å². The third kappa shape index (κ3) is 3.48. The van der Waals surface area contributed by atoms with Crippen molar-refractivity contribution in [3.8, 4) is 17.2 Å². The Hall–Kier alpha value is -2.57. The molecule has 0 bridgehead atoms. The third-order valence-electron chi connectivity index (χ3n) is 8.55. The first-order valence-corrected chi connectivity index (χ1v) is 13.3. The van der Waals surface area contributed by atoms with Gasteiger partial charge in [-0.25, -0.2) is 4.42 Å². The van der Waals surface area contributed by atoms with E-state index in [0.717, 1.165) is 56.4 Å². The summed E-state index contributed by atoms with van der Waals surface area (Å²) in [5.41, 5.74) is 8.03. The number of piperazine rings is 1. The molecule has 2 fully saturated rings. The van der Waals surface area contributed by atoms with Gasteiger partial charge in [-0.2, -0.15) is 0 Å². The Kier molecular flexibility index (Phi) is 5.28. The Balaban J connectivity index is 1.41. The number of ether oxygens (including phenoxy) is 3. The van der Waals surface area contributed by atoms with Gasteiger partial charge >= 0.3 is 0 Å². The molecule has 6 nitrogen and oxygen atoms in total. The number of methoxy groups -OCH3 is 1. The standard InChI is InChI=1S/C28H32ClN3O3/c1-33-23-7-6-20-14-22-21-16-25-24(34-17-35-25)15-19(21)8-9-32(22)27(18-4-2-3-5-18)26(20)28(23)30-10-12-31(29)13-11-30/h6-7,14-16,18,27H,2-5,8-13,17H2,1H3. The molecule has 35 heavy (non-hydrogen) atoms. The van der Waals surface area contributed by atoms with E-state index in [0.29, 0.717) is 18.8 Å². The number of benzene rings is 2. The van der Waals surface area contributed by atoms with Crippen LogP contribution in [0.25, 0.3) is 11.8 Å². The van der Waals surface area contributed by atoms with E-state index in [9.17, 15) is 0 Å². The molecule has 7 rings (SSSR count). The van der Waals surface area contributed by atoms with Crippen molar-refractivity contribution >= 4 is 29.2 Å². The number of nitrogens with zero attached hydrogens (tertiary/aromatic N) is 3. The molecular weight excluding hydrogens is 462 g/mol. The zero-order valence-corrected chi connectivity index (χ0v) is 21.0. The molecule has 4 aliphatic heterocycles. The summed E-state index contributed by atoms with van der Waals surface area (Å²) in [5.74, 6) is 3.37. The van der Waals surface area contributed by atoms with Crippen LogP contribution < -0.4 is 19.1 Å². The van der Waals surface area contributed by atoms with Crippen LogP contribution in [0.4, 0.5) is 5.69 Å². The molecule has 0 amide bonds. The molecule has 0 aromatic heterocycles. The molecule has 184 valence electrons. The fourth-order valence-corrected chi connectivity index (χ4v) is 7.05. The summed E-state index contributed by atoms with van der Waals surface area (Å²) in [5, 5.41) is 0. The lowest BCUT2D eigenvalue weighted by Gasteiger charge is -2.47. The molecule has 1 atom stereocenters. The van der Waals surface area contributed by atoms with Crippen molar-refractivity contribution in [2.24, 2.45) is 5.92 Å². The molecule has 4 heterocycles. The highest BCUT2D eigenvalue weighted by atomic mass is 35.5. The molecule has 0 spiro atoms. The molecule has 2 aromatic rings. The van der Waals surface area contributed by atoms with Gasteiger partial charge in [0, 0.05) is 49.5 Å². The van der Waals surface area contributed by atoms with Crippen molar-refractivity contribution < 1.29 is 14.2 Å². The number of hydrogen-bond acceptors (Lipinski definition) is 6. The first-order valence-electron chi connectivity index (χ1n) is 13.0. The second-order valence-electron chi connectivity index (χ2n) is 10.3. The molecule has 1 unspecified atom stereocenters. The Morgan fingerprint density at radius 1 is 0.971 bits per heavy atom.